The fourth-order valence-electron chi connectivity index (χ4n) is 1.21. The Morgan fingerprint density at radius 3 is 2.67 bits per heavy atom. The van der Waals surface area contributed by atoms with E-state index in [4.69, 9.17) is 4.42 Å². The Hall–Kier alpha value is -1.30. The second-order valence-electron chi connectivity index (χ2n) is 4.85. The van der Waals surface area contributed by atoms with Crippen molar-refractivity contribution < 1.29 is 13.4 Å². The summed E-state index contributed by atoms with van der Waals surface area (Å²) in [7, 11) is -0.948. The van der Waals surface area contributed by atoms with Crippen LogP contribution in [0, 0.1) is 0 Å². The number of hydrogen-bond acceptors (Lipinski definition) is 3. The zero-order valence-corrected chi connectivity index (χ0v) is 11.8. The molecule has 0 fully saturated rings. The zero-order chi connectivity index (χ0) is 13.6. The van der Waals surface area contributed by atoms with E-state index in [1.54, 1.807) is 18.4 Å². The summed E-state index contributed by atoms with van der Waals surface area (Å²) in [6, 6.07) is 3.27. The van der Waals surface area contributed by atoms with Crippen molar-refractivity contribution in [3.8, 4) is 0 Å². The molecule has 0 saturated heterocycles. The van der Waals surface area contributed by atoms with E-state index < -0.39 is 10.8 Å². The molecule has 0 aliphatic rings. The Balaban J connectivity index is 2.16. The van der Waals surface area contributed by atoms with Gasteiger partial charge in [-0.3, -0.25) is 4.21 Å². The highest BCUT2D eigenvalue weighted by molar-refractivity contribution is 7.86. The quantitative estimate of drug-likeness (QED) is 0.855. The second kappa shape index (κ2) is 6.58. The van der Waals surface area contributed by atoms with E-state index in [1.165, 1.54) is 0 Å². The first-order valence-corrected chi connectivity index (χ1v) is 7.14. The molecule has 0 spiro atoms. The van der Waals surface area contributed by atoms with Gasteiger partial charge in [0.05, 0.1) is 12.8 Å². The van der Waals surface area contributed by atoms with Crippen LogP contribution in [0.5, 0.6) is 0 Å². The lowest BCUT2D eigenvalue weighted by Crippen LogP contribution is -2.38. The molecule has 5 nitrogen and oxygen atoms in total. The molecule has 1 aromatic heterocycles. The number of rotatable bonds is 5. The van der Waals surface area contributed by atoms with E-state index in [1.807, 2.05) is 20.8 Å². The van der Waals surface area contributed by atoms with Gasteiger partial charge in [-0.05, 0) is 32.9 Å². The Morgan fingerprint density at radius 1 is 1.39 bits per heavy atom. The van der Waals surface area contributed by atoms with Gasteiger partial charge in [-0.1, -0.05) is 0 Å². The minimum atomic E-state index is -0.948. The molecular weight excluding hydrogens is 252 g/mol. The van der Waals surface area contributed by atoms with Crippen molar-refractivity contribution in [2.24, 2.45) is 0 Å². The van der Waals surface area contributed by atoms with Crippen LogP contribution in [0.2, 0.25) is 0 Å². The van der Waals surface area contributed by atoms with Gasteiger partial charge in [0.1, 0.15) is 5.76 Å². The molecule has 18 heavy (non-hydrogen) atoms. The maximum Gasteiger partial charge on any atom is 0.315 e. The molecule has 1 atom stereocenters. The summed E-state index contributed by atoms with van der Waals surface area (Å²) >= 11 is 0. The van der Waals surface area contributed by atoms with Crippen molar-refractivity contribution in [1.82, 2.24) is 10.6 Å². The summed E-state index contributed by atoms with van der Waals surface area (Å²) in [6.07, 6.45) is 1.56. The molecule has 2 amide bonds. The Kier molecular flexibility index (Phi) is 5.40. The number of amides is 2. The molecule has 6 heteroatoms. The van der Waals surface area contributed by atoms with Gasteiger partial charge in [-0.2, -0.15) is 0 Å². The van der Waals surface area contributed by atoms with Crippen molar-refractivity contribution in [2.75, 3.05) is 12.3 Å². The van der Waals surface area contributed by atoms with Crippen LogP contribution in [0.3, 0.4) is 0 Å². The van der Waals surface area contributed by atoms with E-state index >= 15 is 0 Å². The topological polar surface area (TPSA) is 71.3 Å². The third-order valence-corrected chi connectivity index (χ3v) is 4.20. The Labute approximate surface area is 110 Å². The van der Waals surface area contributed by atoms with Gasteiger partial charge in [0.25, 0.3) is 0 Å². The molecule has 0 aliphatic carbocycles. The predicted octanol–water partition coefficient (Wildman–Crippen LogP) is 1.63. The number of furan rings is 1. The van der Waals surface area contributed by atoms with Gasteiger partial charge < -0.3 is 15.1 Å². The Morgan fingerprint density at radius 2 is 2.11 bits per heavy atom. The molecule has 0 radical (unpaired) electrons. The molecule has 1 heterocycles. The van der Waals surface area contributed by atoms with Crippen LogP contribution in [-0.4, -0.2) is 27.3 Å². The number of hydrogen-bond donors (Lipinski definition) is 2. The number of carbonyl (C=O) groups is 1. The lowest BCUT2D eigenvalue weighted by atomic mass is 10.3. The summed E-state index contributed by atoms with van der Waals surface area (Å²) in [5.74, 6) is 1.15. The molecule has 0 bridgehead atoms. The lowest BCUT2D eigenvalue weighted by molar-refractivity contribution is 0.240. The summed E-state index contributed by atoms with van der Waals surface area (Å²) in [6.45, 7) is 6.50. The van der Waals surface area contributed by atoms with Gasteiger partial charge in [-0.25, -0.2) is 4.79 Å². The monoisotopic (exact) mass is 272 g/mol. The standard InChI is InChI=1S/C12H20N2O3S/c1-12(2,3)18(16)8-6-13-11(15)14-9-10-5-4-7-17-10/h4-5,7H,6,8-9H2,1-3H3,(H2,13,14,15)/t18-/m1/s1. The van der Waals surface area contributed by atoms with E-state index in [9.17, 15) is 9.00 Å². The summed E-state index contributed by atoms with van der Waals surface area (Å²) in [5, 5.41) is 5.32. The fraction of sp³-hybridized carbons (Fsp3) is 0.583. The SMILES string of the molecule is CC(C)(C)[S@](=O)CCNC(=O)NCc1ccco1. The van der Waals surface area contributed by atoms with Crippen molar-refractivity contribution in [2.45, 2.75) is 32.1 Å². The number of urea groups is 1. The molecule has 0 unspecified atom stereocenters. The van der Waals surface area contributed by atoms with Crippen molar-refractivity contribution >= 4 is 16.8 Å². The smallest absolute Gasteiger partial charge is 0.315 e. The number of nitrogens with one attached hydrogen (secondary N) is 2. The van der Waals surface area contributed by atoms with Crippen LogP contribution < -0.4 is 10.6 Å². The second-order valence-corrected chi connectivity index (χ2v) is 7.17. The van der Waals surface area contributed by atoms with E-state index in [-0.39, 0.29) is 10.8 Å². The summed E-state index contributed by atoms with van der Waals surface area (Å²) in [5.41, 5.74) is 0. The van der Waals surface area contributed by atoms with Crippen molar-refractivity contribution in [3.63, 3.8) is 0 Å². The van der Waals surface area contributed by atoms with Crippen molar-refractivity contribution in [1.29, 1.82) is 0 Å². The Bertz CT molecular complexity index is 396. The molecule has 102 valence electrons. The summed E-state index contributed by atoms with van der Waals surface area (Å²) < 4.78 is 16.6. The molecule has 1 aromatic rings. The first-order chi connectivity index (χ1) is 8.39. The van der Waals surface area contributed by atoms with Crippen LogP contribution in [0.25, 0.3) is 0 Å². The predicted molar refractivity (Wildman–Crippen MR) is 71.7 cm³/mol. The van der Waals surface area contributed by atoms with Gasteiger partial charge in [0.15, 0.2) is 0 Å². The zero-order valence-electron chi connectivity index (χ0n) is 11.0. The molecule has 2 N–H and O–H groups in total. The van der Waals surface area contributed by atoms with Gasteiger partial charge >= 0.3 is 6.03 Å². The van der Waals surface area contributed by atoms with E-state index in [0.29, 0.717) is 24.6 Å². The van der Waals surface area contributed by atoms with Crippen LogP contribution in [0.1, 0.15) is 26.5 Å². The van der Waals surface area contributed by atoms with Crippen molar-refractivity contribution in [3.05, 3.63) is 24.2 Å². The fourth-order valence-corrected chi connectivity index (χ4v) is 2.11. The first kappa shape index (κ1) is 14.8. The maximum atomic E-state index is 11.7. The summed E-state index contributed by atoms with van der Waals surface area (Å²) in [4.78, 5) is 11.4. The average molecular weight is 272 g/mol. The van der Waals surface area contributed by atoms with E-state index in [0.717, 1.165) is 0 Å². The van der Waals surface area contributed by atoms with E-state index in [2.05, 4.69) is 10.6 Å². The highest BCUT2D eigenvalue weighted by Gasteiger charge is 2.18. The highest BCUT2D eigenvalue weighted by atomic mass is 32.2. The molecule has 0 aromatic carbocycles. The minimum Gasteiger partial charge on any atom is -0.467 e. The lowest BCUT2D eigenvalue weighted by Gasteiger charge is -2.17. The van der Waals surface area contributed by atoms with Crippen LogP contribution in [-0.2, 0) is 17.3 Å². The third kappa shape index (κ3) is 5.35. The van der Waals surface area contributed by atoms with Gasteiger partial charge in [0.2, 0.25) is 0 Å². The molecule has 0 aliphatic heterocycles. The molecular formula is C12H20N2O3S. The minimum absolute atomic E-state index is 0.244. The first-order valence-electron chi connectivity index (χ1n) is 5.82. The molecule has 0 saturated carbocycles. The third-order valence-electron chi connectivity index (χ3n) is 2.26. The number of carbonyl (C=O) groups excluding carboxylic acids is 1. The van der Waals surface area contributed by atoms with Gasteiger partial charge in [-0.15, -0.1) is 0 Å². The van der Waals surface area contributed by atoms with Gasteiger partial charge in [0, 0.05) is 27.8 Å². The average Bonchev–Trinajstić information content (AvgIpc) is 2.77. The maximum absolute atomic E-state index is 11.7. The van der Waals surface area contributed by atoms with Crippen LogP contribution in [0.15, 0.2) is 22.8 Å². The van der Waals surface area contributed by atoms with Crippen LogP contribution >= 0.6 is 0 Å². The van der Waals surface area contributed by atoms with Crippen LogP contribution in [0.4, 0.5) is 4.79 Å². The highest BCUT2D eigenvalue weighted by Crippen LogP contribution is 2.10. The molecule has 1 rings (SSSR count). The largest absolute Gasteiger partial charge is 0.467 e. The normalized spacial score (nSPS) is 13.1.